The van der Waals surface area contributed by atoms with Gasteiger partial charge in [-0.1, -0.05) is 42.5 Å². The van der Waals surface area contributed by atoms with Crippen molar-refractivity contribution >= 4 is 58.2 Å². The van der Waals surface area contributed by atoms with Crippen LogP contribution in [-0.4, -0.2) is 29.9 Å². The van der Waals surface area contributed by atoms with Crippen LogP contribution in [0.25, 0.3) is 6.08 Å². The fourth-order valence-corrected chi connectivity index (χ4v) is 4.88. The lowest BCUT2D eigenvalue weighted by Crippen LogP contribution is -2.56. The summed E-state index contributed by atoms with van der Waals surface area (Å²) in [6.07, 6.45) is 1.56. The van der Waals surface area contributed by atoms with Gasteiger partial charge in [0.05, 0.1) is 18.5 Å². The first kappa shape index (κ1) is 28.3. The first-order valence-corrected chi connectivity index (χ1v) is 13.5. The first-order chi connectivity index (χ1) is 20.4. The lowest BCUT2D eigenvalue weighted by atomic mass is 10.0. The summed E-state index contributed by atoms with van der Waals surface area (Å²) < 4.78 is 11.5. The van der Waals surface area contributed by atoms with Gasteiger partial charge in [-0.25, -0.2) is 0 Å². The molecule has 4 aromatic rings. The Kier molecular flexibility index (Phi) is 8.40. The van der Waals surface area contributed by atoms with E-state index in [2.05, 4.69) is 5.32 Å². The van der Waals surface area contributed by atoms with E-state index < -0.39 is 11.8 Å². The van der Waals surface area contributed by atoms with Crippen LogP contribution in [0, 0.1) is 0 Å². The number of nitrogens with one attached hydrogen (secondary N) is 1. The van der Waals surface area contributed by atoms with Gasteiger partial charge in [0.25, 0.3) is 11.8 Å². The van der Waals surface area contributed by atoms with Crippen LogP contribution in [0.4, 0.5) is 17.1 Å². The van der Waals surface area contributed by atoms with Crippen LogP contribution >= 0.6 is 12.2 Å². The molecule has 1 heterocycles. The highest BCUT2D eigenvalue weighted by Crippen LogP contribution is 2.31. The minimum absolute atomic E-state index is 0.0399. The Morgan fingerprint density at radius 2 is 1.40 bits per heavy atom. The Balaban J connectivity index is 1.48. The van der Waals surface area contributed by atoms with Gasteiger partial charge in [0.2, 0.25) is 5.91 Å². The Hall–Kier alpha value is -5.28. The van der Waals surface area contributed by atoms with Gasteiger partial charge < -0.3 is 14.8 Å². The molecule has 3 amide bonds. The predicted molar refractivity (Wildman–Crippen MR) is 167 cm³/mol. The van der Waals surface area contributed by atoms with Crippen molar-refractivity contribution in [1.82, 2.24) is 0 Å². The Bertz CT molecular complexity index is 1610. The van der Waals surface area contributed by atoms with Crippen molar-refractivity contribution in [3.63, 3.8) is 0 Å². The summed E-state index contributed by atoms with van der Waals surface area (Å²) >= 11 is 5.68. The van der Waals surface area contributed by atoms with Crippen molar-refractivity contribution in [2.75, 3.05) is 22.2 Å². The molecule has 5 rings (SSSR count). The second kappa shape index (κ2) is 12.5. The van der Waals surface area contributed by atoms with Gasteiger partial charge in [0, 0.05) is 18.2 Å². The van der Waals surface area contributed by atoms with Crippen LogP contribution in [0.2, 0.25) is 0 Å². The van der Waals surface area contributed by atoms with E-state index in [0.717, 1.165) is 0 Å². The van der Waals surface area contributed by atoms with Crippen LogP contribution in [-0.2, 0) is 21.0 Å². The summed E-state index contributed by atoms with van der Waals surface area (Å²) in [5, 5.41) is 2.79. The molecule has 4 aromatic carbocycles. The van der Waals surface area contributed by atoms with Gasteiger partial charge in [0.1, 0.15) is 23.7 Å². The molecule has 0 unspecified atom stereocenters. The van der Waals surface area contributed by atoms with E-state index in [1.54, 1.807) is 98.1 Å². The number of rotatable bonds is 8. The van der Waals surface area contributed by atoms with Crippen molar-refractivity contribution in [2.45, 2.75) is 13.5 Å². The molecule has 42 heavy (non-hydrogen) atoms. The largest absolute Gasteiger partial charge is 0.496 e. The number of thiocarbonyl (C=S) groups is 1. The number of ether oxygens (including phenoxy) is 2. The zero-order valence-corrected chi connectivity index (χ0v) is 23.8. The number of carbonyl (C=O) groups excluding carboxylic acids is 3. The molecular formula is C33H27N3O5S. The number of anilines is 3. The Morgan fingerprint density at radius 1 is 0.833 bits per heavy atom. The zero-order valence-electron chi connectivity index (χ0n) is 22.9. The molecule has 0 aromatic heterocycles. The van der Waals surface area contributed by atoms with E-state index in [0.29, 0.717) is 39.7 Å². The fourth-order valence-electron chi connectivity index (χ4n) is 4.51. The Labute approximate surface area is 248 Å². The number of nitrogens with zero attached hydrogens (tertiary/aromatic N) is 2. The number of methoxy groups -OCH3 is 1. The van der Waals surface area contributed by atoms with Crippen molar-refractivity contribution in [2.24, 2.45) is 0 Å². The molecule has 1 aliphatic rings. The van der Waals surface area contributed by atoms with E-state index in [9.17, 15) is 14.4 Å². The number of hydrogen-bond acceptors (Lipinski definition) is 6. The fraction of sp³-hybridized carbons (Fsp3) is 0.0909. The summed E-state index contributed by atoms with van der Waals surface area (Å²) in [5.41, 5.74) is 3.06. The second-order valence-corrected chi connectivity index (χ2v) is 9.72. The van der Waals surface area contributed by atoms with Gasteiger partial charge in [-0.05, 0) is 84.5 Å². The third kappa shape index (κ3) is 6.06. The second-order valence-electron chi connectivity index (χ2n) is 9.36. The maximum Gasteiger partial charge on any atom is 0.270 e. The highest BCUT2D eigenvalue weighted by atomic mass is 32.1. The lowest BCUT2D eigenvalue weighted by Gasteiger charge is -2.36. The van der Waals surface area contributed by atoms with Crippen LogP contribution in [0.1, 0.15) is 18.1 Å². The Morgan fingerprint density at radius 3 is 1.93 bits per heavy atom. The molecule has 0 atom stereocenters. The summed E-state index contributed by atoms with van der Waals surface area (Å²) in [7, 11) is 1.56. The molecule has 0 aliphatic carbocycles. The van der Waals surface area contributed by atoms with E-state index in [1.807, 2.05) is 18.2 Å². The van der Waals surface area contributed by atoms with Gasteiger partial charge >= 0.3 is 0 Å². The molecule has 210 valence electrons. The molecule has 9 heteroatoms. The van der Waals surface area contributed by atoms with Crippen molar-refractivity contribution in [3.05, 3.63) is 120 Å². The minimum Gasteiger partial charge on any atom is -0.496 e. The summed E-state index contributed by atoms with van der Waals surface area (Å²) in [6.45, 7) is 1.61. The molecule has 8 nitrogen and oxygen atoms in total. The molecule has 0 radical (unpaired) electrons. The van der Waals surface area contributed by atoms with E-state index in [4.69, 9.17) is 21.7 Å². The van der Waals surface area contributed by atoms with Crippen molar-refractivity contribution in [3.8, 4) is 11.5 Å². The standard InChI is InChI=1S/C33H27N3O5S/c1-22(37)34-25-14-16-28(17-15-25)41-21-24-19-23(13-18-30(24)40-2)20-29-31(38)35(26-9-5-3-6-10-26)33(42)36(32(29)39)27-11-7-4-8-12-27/h3-20H,21H2,1-2H3,(H,34,37). The highest BCUT2D eigenvalue weighted by Gasteiger charge is 2.41. The molecule has 1 fully saturated rings. The normalized spacial score (nSPS) is 13.2. The molecule has 0 spiro atoms. The maximum absolute atomic E-state index is 13.8. The predicted octanol–water partition coefficient (Wildman–Crippen LogP) is 5.98. The first-order valence-electron chi connectivity index (χ1n) is 13.1. The molecular weight excluding hydrogens is 550 g/mol. The van der Waals surface area contributed by atoms with Crippen LogP contribution in [0.15, 0.2) is 109 Å². The minimum atomic E-state index is -0.517. The van der Waals surface area contributed by atoms with Crippen LogP contribution in [0.3, 0.4) is 0 Å². The van der Waals surface area contributed by atoms with Gasteiger partial charge in [0.15, 0.2) is 5.11 Å². The van der Waals surface area contributed by atoms with E-state index >= 15 is 0 Å². The maximum atomic E-state index is 13.8. The van der Waals surface area contributed by atoms with E-state index in [-0.39, 0.29) is 23.2 Å². The third-order valence-electron chi connectivity index (χ3n) is 6.46. The lowest BCUT2D eigenvalue weighted by molar-refractivity contribution is -0.121. The molecule has 1 aliphatic heterocycles. The molecule has 0 saturated carbocycles. The third-order valence-corrected chi connectivity index (χ3v) is 6.83. The van der Waals surface area contributed by atoms with Gasteiger partial charge in [-0.3, -0.25) is 24.2 Å². The number of benzene rings is 4. The summed E-state index contributed by atoms with van der Waals surface area (Å²) in [4.78, 5) is 41.6. The average Bonchev–Trinajstić information content (AvgIpc) is 3.00. The quantitative estimate of drug-likeness (QED) is 0.158. The average molecular weight is 578 g/mol. The summed E-state index contributed by atoms with van der Waals surface area (Å²) in [6, 6.07) is 30.3. The number of carbonyl (C=O) groups is 3. The van der Waals surface area contributed by atoms with Gasteiger partial charge in [-0.15, -0.1) is 0 Å². The molecule has 0 bridgehead atoms. The molecule has 1 saturated heterocycles. The summed E-state index contributed by atoms with van der Waals surface area (Å²) in [5.74, 6) is -0.00762. The van der Waals surface area contributed by atoms with Crippen molar-refractivity contribution < 1.29 is 23.9 Å². The van der Waals surface area contributed by atoms with Crippen LogP contribution in [0.5, 0.6) is 11.5 Å². The van der Waals surface area contributed by atoms with Gasteiger partial charge in [-0.2, -0.15) is 0 Å². The molecule has 1 N–H and O–H groups in total. The van der Waals surface area contributed by atoms with Crippen molar-refractivity contribution in [1.29, 1.82) is 0 Å². The highest BCUT2D eigenvalue weighted by molar-refractivity contribution is 7.81. The SMILES string of the molecule is COc1ccc(C=C2C(=O)N(c3ccccc3)C(=S)N(c3ccccc3)C2=O)cc1COc1ccc(NC(C)=O)cc1. The monoisotopic (exact) mass is 577 g/mol. The zero-order chi connectivity index (χ0) is 29.6. The number of amides is 3. The topological polar surface area (TPSA) is 88.2 Å². The number of para-hydroxylation sites is 2. The number of hydrogen-bond donors (Lipinski definition) is 1. The van der Waals surface area contributed by atoms with E-state index in [1.165, 1.54) is 16.7 Å². The van der Waals surface area contributed by atoms with Crippen LogP contribution < -0.4 is 24.6 Å². The smallest absolute Gasteiger partial charge is 0.270 e.